The van der Waals surface area contributed by atoms with Crippen molar-refractivity contribution in [3.63, 3.8) is 0 Å². The molecule has 0 spiro atoms. The van der Waals surface area contributed by atoms with Crippen molar-refractivity contribution in [3.05, 3.63) is 22.1 Å². The third-order valence-corrected chi connectivity index (χ3v) is 3.85. The summed E-state index contributed by atoms with van der Waals surface area (Å²) in [5, 5.41) is 8.39. The summed E-state index contributed by atoms with van der Waals surface area (Å²) in [4.78, 5) is 23.4. The van der Waals surface area contributed by atoms with Crippen molar-refractivity contribution in [2.24, 2.45) is 0 Å². The van der Waals surface area contributed by atoms with Gasteiger partial charge in [-0.25, -0.2) is 4.79 Å². The predicted octanol–water partition coefficient (Wildman–Crippen LogP) is 2.75. The van der Waals surface area contributed by atoms with E-state index in [1.54, 1.807) is 13.8 Å². The quantitative estimate of drug-likeness (QED) is 0.778. The Hall–Kier alpha value is -1.23. The first-order valence-electron chi connectivity index (χ1n) is 5.92. The van der Waals surface area contributed by atoms with Crippen LogP contribution in [0.4, 0.5) is 0 Å². The molecule has 0 bridgehead atoms. The molecule has 0 heterocycles. The highest BCUT2D eigenvalue weighted by Gasteiger charge is 2.21. The van der Waals surface area contributed by atoms with E-state index in [0.29, 0.717) is 25.0 Å². The number of allylic oxidation sites excluding steroid dienone is 3. The zero-order chi connectivity index (χ0) is 13.7. The van der Waals surface area contributed by atoms with Crippen molar-refractivity contribution < 1.29 is 19.4 Å². The van der Waals surface area contributed by atoms with E-state index in [4.69, 9.17) is 9.84 Å². The Morgan fingerprint density at radius 1 is 1.50 bits per heavy atom. The molecule has 0 fully saturated rings. The van der Waals surface area contributed by atoms with Gasteiger partial charge in [-0.2, -0.15) is 0 Å². The molecule has 1 rings (SSSR count). The molecule has 0 aromatic carbocycles. The van der Waals surface area contributed by atoms with Gasteiger partial charge in [-0.1, -0.05) is 0 Å². The molecule has 5 heteroatoms. The second-order valence-corrected chi connectivity index (χ2v) is 5.56. The maximum absolute atomic E-state index is 11.6. The SMILES string of the molecule is CCOC(=O)C1=C(C)C=C(SC(C)C(=O)O)CC1. The minimum atomic E-state index is -0.821. The number of thioether (sulfide) groups is 1. The number of rotatable bonds is 5. The second kappa shape index (κ2) is 6.64. The Bertz CT molecular complexity index is 409. The molecule has 1 aliphatic rings. The lowest BCUT2D eigenvalue weighted by atomic mass is 9.99. The molecule has 1 atom stereocenters. The van der Waals surface area contributed by atoms with E-state index in [2.05, 4.69) is 0 Å². The van der Waals surface area contributed by atoms with E-state index in [9.17, 15) is 9.59 Å². The van der Waals surface area contributed by atoms with Gasteiger partial charge in [0.05, 0.1) is 6.61 Å². The van der Waals surface area contributed by atoms with E-state index in [0.717, 1.165) is 10.5 Å². The summed E-state index contributed by atoms with van der Waals surface area (Å²) in [5.41, 5.74) is 1.57. The zero-order valence-electron chi connectivity index (χ0n) is 10.9. The zero-order valence-corrected chi connectivity index (χ0v) is 11.7. The maximum atomic E-state index is 11.6. The van der Waals surface area contributed by atoms with Gasteiger partial charge in [0.2, 0.25) is 0 Å². The van der Waals surface area contributed by atoms with Gasteiger partial charge in [0.15, 0.2) is 0 Å². The molecule has 1 N–H and O–H groups in total. The van der Waals surface area contributed by atoms with Crippen LogP contribution in [0, 0.1) is 0 Å². The number of hydrogen-bond donors (Lipinski definition) is 1. The second-order valence-electron chi connectivity index (χ2n) is 4.09. The summed E-state index contributed by atoms with van der Waals surface area (Å²) in [6.07, 6.45) is 3.21. The number of aliphatic carboxylic acids is 1. The van der Waals surface area contributed by atoms with Gasteiger partial charge in [0.25, 0.3) is 0 Å². The molecule has 1 aliphatic carbocycles. The number of ether oxygens (including phenoxy) is 1. The van der Waals surface area contributed by atoms with Crippen molar-refractivity contribution >= 4 is 23.7 Å². The van der Waals surface area contributed by atoms with Gasteiger partial charge in [0, 0.05) is 5.57 Å². The van der Waals surface area contributed by atoms with Crippen LogP contribution in [0.1, 0.15) is 33.6 Å². The smallest absolute Gasteiger partial charge is 0.334 e. The fourth-order valence-electron chi connectivity index (χ4n) is 1.70. The van der Waals surface area contributed by atoms with E-state index in [-0.39, 0.29) is 5.97 Å². The monoisotopic (exact) mass is 270 g/mol. The molecule has 100 valence electrons. The highest BCUT2D eigenvalue weighted by atomic mass is 32.2. The molecule has 0 saturated heterocycles. The van der Waals surface area contributed by atoms with Gasteiger partial charge in [-0.05, 0) is 50.2 Å². The summed E-state index contributed by atoms with van der Waals surface area (Å²) in [6, 6.07) is 0. The van der Waals surface area contributed by atoms with Crippen LogP contribution in [0.2, 0.25) is 0 Å². The van der Waals surface area contributed by atoms with Crippen LogP contribution in [0.25, 0.3) is 0 Å². The predicted molar refractivity (Wildman–Crippen MR) is 71.3 cm³/mol. The maximum Gasteiger partial charge on any atom is 0.334 e. The molecule has 1 unspecified atom stereocenters. The molecule has 0 saturated carbocycles. The Balaban J connectivity index is 2.75. The molecule has 0 amide bonds. The number of carbonyl (C=O) groups excluding carboxylic acids is 1. The van der Waals surface area contributed by atoms with Gasteiger partial charge in [-0.15, -0.1) is 11.8 Å². The Morgan fingerprint density at radius 3 is 2.67 bits per heavy atom. The Morgan fingerprint density at radius 2 is 2.17 bits per heavy atom. The van der Waals surface area contributed by atoms with Gasteiger partial charge in [0.1, 0.15) is 5.25 Å². The van der Waals surface area contributed by atoms with Gasteiger partial charge in [-0.3, -0.25) is 4.79 Å². The Labute approximate surface area is 111 Å². The normalized spacial score (nSPS) is 17.2. The highest BCUT2D eigenvalue weighted by molar-refractivity contribution is 8.04. The van der Waals surface area contributed by atoms with Crippen LogP contribution in [0.15, 0.2) is 22.1 Å². The van der Waals surface area contributed by atoms with E-state index < -0.39 is 11.2 Å². The minimum absolute atomic E-state index is 0.262. The molecule has 0 aliphatic heterocycles. The number of carbonyl (C=O) groups is 2. The molecular formula is C13H18O4S. The first kappa shape index (κ1) is 14.8. The molecular weight excluding hydrogens is 252 g/mol. The van der Waals surface area contributed by atoms with Crippen molar-refractivity contribution in [2.45, 2.75) is 38.9 Å². The van der Waals surface area contributed by atoms with Crippen molar-refractivity contribution in [1.82, 2.24) is 0 Å². The number of carboxylic acids is 1. The van der Waals surface area contributed by atoms with Crippen LogP contribution in [0.3, 0.4) is 0 Å². The van der Waals surface area contributed by atoms with Crippen LogP contribution in [-0.4, -0.2) is 28.9 Å². The van der Waals surface area contributed by atoms with Crippen molar-refractivity contribution in [3.8, 4) is 0 Å². The van der Waals surface area contributed by atoms with Crippen molar-refractivity contribution in [2.75, 3.05) is 6.61 Å². The van der Waals surface area contributed by atoms with Crippen LogP contribution >= 0.6 is 11.8 Å². The molecule has 0 radical (unpaired) electrons. The van der Waals surface area contributed by atoms with Crippen LogP contribution in [-0.2, 0) is 14.3 Å². The number of esters is 1. The summed E-state index contributed by atoms with van der Waals surface area (Å²) >= 11 is 1.33. The molecule has 0 aromatic heterocycles. The third kappa shape index (κ3) is 3.91. The summed E-state index contributed by atoms with van der Waals surface area (Å²) < 4.78 is 4.98. The van der Waals surface area contributed by atoms with Crippen LogP contribution < -0.4 is 0 Å². The van der Waals surface area contributed by atoms with Crippen molar-refractivity contribution in [1.29, 1.82) is 0 Å². The number of carboxylic acid groups (broad SMARTS) is 1. The van der Waals surface area contributed by atoms with Crippen LogP contribution in [0.5, 0.6) is 0 Å². The summed E-state index contributed by atoms with van der Waals surface area (Å²) in [6.45, 7) is 5.67. The first-order chi connectivity index (χ1) is 8.45. The summed E-state index contributed by atoms with van der Waals surface area (Å²) in [7, 11) is 0. The topological polar surface area (TPSA) is 63.6 Å². The average molecular weight is 270 g/mol. The van der Waals surface area contributed by atoms with E-state index >= 15 is 0 Å². The molecule has 18 heavy (non-hydrogen) atoms. The van der Waals surface area contributed by atoms with E-state index in [1.807, 2.05) is 13.0 Å². The number of hydrogen-bond acceptors (Lipinski definition) is 4. The fourth-order valence-corrected chi connectivity index (χ4v) is 2.72. The molecule has 4 nitrogen and oxygen atoms in total. The lowest BCUT2D eigenvalue weighted by Crippen LogP contribution is -2.14. The third-order valence-electron chi connectivity index (χ3n) is 2.67. The summed E-state index contributed by atoms with van der Waals surface area (Å²) in [5.74, 6) is -1.08. The van der Waals surface area contributed by atoms with E-state index in [1.165, 1.54) is 11.8 Å². The fraction of sp³-hybridized carbons (Fsp3) is 0.538. The highest BCUT2D eigenvalue weighted by Crippen LogP contribution is 2.33. The van der Waals surface area contributed by atoms with Gasteiger partial charge >= 0.3 is 11.9 Å². The largest absolute Gasteiger partial charge is 0.480 e. The lowest BCUT2D eigenvalue weighted by molar-refractivity contribution is -0.139. The standard InChI is InChI=1S/C13H18O4S/c1-4-17-13(16)11-6-5-10(7-8(11)2)18-9(3)12(14)15/h7,9H,4-6H2,1-3H3,(H,14,15). The molecule has 0 aromatic rings. The first-order valence-corrected chi connectivity index (χ1v) is 6.80. The minimum Gasteiger partial charge on any atom is -0.480 e. The van der Waals surface area contributed by atoms with Gasteiger partial charge < -0.3 is 9.84 Å². The Kier molecular flexibility index (Phi) is 5.47. The lowest BCUT2D eigenvalue weighted by Gasteiger charge is -2.18. The average Bonchev–Trinajstić information content (AvgIpc) is 2.29.